The van der Waals surface area contributed by atoms with Gasteiger partial charge in [0.2, 0.25) is 11.4 Å². The summed E-state index contributed by atoms with van der Waals surface area (Å²) in [5.41, 5.74) is -5.70. The number of halogens is 6. The number of para-hydroxylation sites is 1. The summed E-state index contributed by atoms with van der Waals surface area (Å²) in [5.74, 6) is -7.14. The number of rotatable bonds is 7. The molecular weight excluding hydrogens is 492 g/mol. The third-order valence-electron chi connectivity index (χ3n) is 6.07. The predicted molar refractivity (Wildman–Crippen MR) is 120 cm³/mol. The third-order valence-corrected chi connectivity index (χ3v) is 6.07. The van der Waals surface area contributed by atoms with Crippen LogP contribution in [0.2, 0.25) is 0 Å². The van der Waals surface area contributed by atoms with Crippen LogP contribution in [-0.4, -0.2) is 41.5 Å². The van der Waals surface area contributed by atoms with Gasteiger partial charge in [-0.3, -0.25) is 14.6 Å². The van der Waals surface area contributed by atoms with E-state index in [4.69, 9.17) is 4.42 Å². The van der Waals surface area contributed by atoms with Crippen molar-refractivity contribution in [1.82, 2.24) is 5.32 Å². The van der Waals surface area contributed by atoms with Crippen LogP contribution in [0.1, 0.15) is 49.6 Å². The Bertz CT molecular complexity index is 1050. The lowest BCUT2D eigenvalue weighted by Gasteiger charge is -2.42. The van der Waals surface area contributed by atoms with Crippen LogP contribution in [0, 0.1) is 5.92 Å². The molecule has 1 aromatic heterocycles. The van der Waals surface area contributed by atoms with Gasteiger partial charge in [-0.25, -0.2) is 0 Å². The van der Waals surface area contributed by atoms with Gasteiger partial charge in [0.15, 0.2) is 5.76 Å². The van der Waals surface area contributed by atoms with E-state index in [2.05, 4.69) is 10.3 Å². The Hall–Kier alpha value is -3.31. The van der Waals surface area contributed by atoms with Crippen LogP contribution >= 0.6 is 0 Å². The standard InChI is InChI=1S/C24H25F6N3O3/c1-15(31-16-9-4-2-5-10-16)19(21(35)32-17-11-6-3-7-12-17)22(23(25,26)27,24(28,29)30)33-20(34)18-13-8-14-36-18/h3,6-8,11-14,16,19H,2,4-5,9-10H2,1H3,(H,32,35)(H,33,34)/t19-/m1/s1. The second-order valence-corrected chi connectivity index (χ2v) is 8.59. The van der Waals surface area contributed by atoms with Gasteiger partial charge >= 0.3 is 12.4 Å². The number of furan rings is 1. The van der Waals surface area contributed by atoms with Gasteiger partial charge in [-0.15, -0.1) is 0 Å². The molecule has 0 spiro atoms. The molecule has 36 heavy (non-hydrogen) atoms. The lowest BCUT2D eigenvalue weighted by Crippen LogP contribution is -2.74. The zero-order chi connectivity index (χ0) is 26.6. The topological polar surface area (TPSA) is 83.7 Å². The molecule has 2 N–H and O–H groups in total. The normalized spacial score (nSPS) is 16.9. The number of nitrogens with one attached hydrogen (secondary N) is 2. The van der Waals surface area contributed by atoms with E-state index >= 15 is 0 Å². The molecule has 1 saturated carbocycles. The van der Waals surface area contributed by atoms with E-state index in [1.165, 1.54) is 24.3 Å². The fourth-order valence-corrected chi connectivity index (χ4v) is 4.36. The fraction of sp³-hybridized carbons (Fsp3) is 0.458. The lowest BCUT2D eigenvalue weighted by molar-refractivity contribution is -0.310. The van der Waals surface area contributed by atoms with E-state index in [1.54, 1.807) is 6.07 Å². The van der Waals surface area contributed by atoms with Gasteiger partial charge in [-0.05, 0) is 44.0 Å². The fourth-order valence-electron chi connectivity index (χ4n) is 4.36. The van der Waals surface area contributed by atoms with E-state index in [1.807, 2.05) is 0 Å². The molecule has 1 fully saturated rings. The van der Waals surface area contributed by atoms with E-state index < -0.39 is 53.1 Å². The minimum atomic E-state index is -6.14. The third kappa shape index (κ3) is 5.73. The number of amides is 2. The number of carbonyl (C=O) groups excluding carboxylic acids is 2. The highest BCUT2D eigenvalue weighted by Crippen LogP contribution is 2.49. The van der Waals surface area contributed by atoms with Crippen molar-refractivity contribution >= 4 is 23.2 Å². The van der Waals surface area contributed by atoms with Crippen molar-refractivity contribution in [2.75, 3.05) is 5.32 Å². The molecule has 1 heterocycles. The largest absolute Gasteiger partial charge is 0.459 e. The van der Waals surface area contributed by atoms with Crippen molar-refractivity contribution in [3.8, 4) is 0 Å². The van der Waals surface area contributed by atoms with Crippen molar-refractivity contribution in [1.29, 1.82) is 0 Å². The molecule has 0 aliphatic heterocycles. The van der Waals surface area contributed by atoms with Gasteiger partial charge in [-0.2, -0.15) is 26.3 Å². The number of benzene rings is 1. The second kappa shape index (κ2) is 10.8. The molecule has 2 aromatic rings. The van der Waals surface area contributed by atoms with Crippen LogP contribution < -0.4 is 10.6 Å². The molecule has 0 unspecified atom stereocenters. The highest BCUT2D eigenvalue weighted by Gasteiger charge is 2.77. The summed E-state index contributed by atoms with van der Waals surface area (Å²) >= 11 is 0. The summed E-state index contributed by atoms with van der Waals surface area (Å²) in [5, 5.41) is 3.20. The molecule has 0 radical (unpaired) electrons. The molecular formula is C24H25F6N3O3. The minimum absolute atomic E-state index is 0.0198. The second-order valence-electron chi connectivity index (χ2n) is 8.59. The molecule has 196 valence electrons. The molecule has 1 aliphatic rings. The summed E-state index contributed by atoms with van der Waals surface area (Å²) in [6.45, 7) is 0.953. The van der Waals surface area contributed by atoms with Gasteiger partial charge in [0.25, 0.3) is 5.91 Å². The Morgan fingerprint density at radius 2 is 1.56 bits per heavy atom. The predicted octanol–water partition coefficient (Wildman–Crippen LogP) is 5.92. The van der Waals surface area contributed by atoms with E-state index in [-0.39, 0.29) is 5.69 Å². The van der Waals surface area contributed by atoms with Gasteiger partial charge in [0.1, 0.15) is 5.92 Å². The van der Waals surface area contributed by atoms with Crippen LogP contribution in [0.5, 0.6) is 0 Å². The Balaban J connectivity index is 2.18. The van der Waals surface area contributed by atoms with Crippen LogP contribution in [0.3, 0.4) is 0 Å². The maximum absolute atomic E-state index is 14.6. The Kier molecular flexibility index (Phi) is 8.15. The SMILES string of the molecule is CC(=NC1CCCCC1)[C@H](C(=O)Nc1ccccc1)C(NC(=O)c1ccco1)(C(F)(F)F)C(F)(F)F. The van der Waals surface area contributed by atoms with Gasteiger partial charge in [0, 0.05) is 17.4 Å². The molecule has 12 heteroatoms. The van der Waals surface area contributed by atoms with E-state index in [0.29, 0.717) is 25.7 Å². The van der Waals surface area contributed by atoms with E-state index in [0.717, 1.165) is 37.1 Å². The van der Waals surface area contributed by atoms with Crippen molar-refractivity contribution in [3.63, 3.8) is 0 Å². The maximum atomic E-state index is 14.6. The monoisotopic (exact) mass is 517 g/mol. The number of alkyl halides is 6. The summed E-state index contributed by atoms with van der Waals surface area (Å²) in [7, 11) is 0. The molecule has 1 aromatic carbocycles. The average molecular weight is 517 g/mol. The quantitative estimate of drug-likeness (QED) is 0.353. The number of carbonyl (C=O) groups is 2. The Morgan fingerprint density at radius 1 is 0.944 bits per heavy atom. The van der Waals surface area contributed by atoms with Crippen molar-refractivity contribution in [2.24, 2.45) is 10.9 Å². The number of anilines is 1. The van der Waals surface area contributed by atoms with Gasteiger partial charge in [0.05, 0.1) is 6.26 Å². The highest BCUT2D eigenvalue weighted by molar-refractivity contribution is 6.10. The maximum Gasteiger partial charge on any atom is 0.421 e. The number of nitrogens with zero attached hydrogens (tertiary/aromatic N) is 1. The molecule has 0 saturated heterocycles. The zero-order valence-corrected chi connectivity index (χ0v) is 19.2. The Labute approximate surface area is 203 Å². The smallest absolute Gasteiger partial charge is 0.421 e. The Morgan fingerprint density at radius 3 is 2.08 bits per heavy atom. The van der Waals surface area contributed by atoms with Gasteiger partial charge in [-0.1, -0.05) is 37.5 Å². The number of hydrogen-bond acceptors (Lipinski definition) is 4. The van der Waals surface area contributed by atoms with Crippen LogP contribution in [-0.2, 0) is 4.79 Å². The minimum Gasteiger partial charge on any atom is -0.459 e. The number of aliphatic imine (C=N–C) groups is 1. The first kappa shape index (κ1) is 27.3. The van der Waals surface area contributed by atoms with Crippen molar-refractivity contribution < 1.29 is 40.3 Å². The summed E-state index contributed by atoms with van der Waals surface area (Å²) in [6, 6.07) is 8.59. The lowest BCUT2D eigenvalue weighted by atomic mass is 9.77. The molecule has 0 bridgehead atoms. The molecule has 6 nitrogen and oxygen atoms in total. The molecule has 1 aliphatic carbocycles. The summed E-state index contributed by atoms with van der Waals surface area (Å²) in [6.07, 6.45) is -8.14. The summed E-state index contributed by atoms with van der Waals surface area (Å²) in [4.78, 5) is 29.9. The van der Waals surface area contributed by atoms with Crippen LogP contribution in [0.15, 0.2) is 58.1 Å². The average Bonchev–Trinajstić information content (AvgIpc) is 3.33. The first-order valence-electron chi connectivity index (χ1n) is 11.3. The first-order chi connectivity index (χ1) is 16.9. The highest BCUT2D eigenvalue weighted by atomic mass is 19.4. The van der Waals surface area contributed by atoms with Crippen LogP contribution in [0.4, 0.5) is 32.0 Å². The zero-order valence-electron chi connectivity index (χ0n) is 19.2. The number of hydrogen-bond donors (Lipinski definition) is 2. The molecule has 2 amide bonds. The van der Waals surface area contributed by atoms with Crippen LogP contribution in [0.25, 0.3) is 0 Å². The first-order valence-corrected chi connectivity index (χ1v) is 11.3. The van der Waals surface area contributed by atoms with Crippen molar-refractivity contribution in [3.05, 3.63) is 54.5 Å². The van der Waals surface area contributed by atoms with E-state index in [9.17, 15) is 35.9 Å². The summed E-state index contributed by atoms with van der Waals surface area (Å²) < 4.78 is 92.1. The van der Waals surface area contributed by atoms with Crippen molar-refractivity contribution in [2.45, 2.75) is 63.0 Å². The van der Waals surface area contributed by atoms with Gasteiger partial charge < -0.3 is 15.1 Å². The molecule has 1 atom stereocenters. The molecule has 3 rings (SSSR count).